The van der Waals surface area contributed by atoms with E-state index in [2.05, 4.69) is 27.2 Å². The number of carbonyl (C=O) groups excluding carboxylic acids is 1. The van der Waals surface area contributed by atoms with Gasteiger partial charge in [0.1, 0.15) is 11.6 Å². The Morgan fingerprint density at radius 2 is 2.09 bits per heavy atom. The number of aromatic nitrogens is 3. The molecule has 6 nitrogen and oxygen atoms in total. The Balaban J connectivity index is 1.80. The van der Waals surface area contributed by atoms with Crippen molar-refractivity contribution in [3.8, 4) is 0 Å². The number of nitrogens with one attached hydrogen (secondary N) is 1. The maximum absolute atomic E-state index is 11.5. The quantitative estimate of drug-likeness (QED) is 0.936. The van der Waals surface area contributed by atoms with Gasteiger partial charge in [-0.2, -0.15) is 0 Å². The van der Waals surface area contributed by atoms with E-state index in [1.165, 1.54) is 4.88 Å². The van der Waals surface area contributed by atoms with Crippen molar-refractivity contribution < 1.29 is 4.79 Å². The highest BCUT2D eigenvalue weighted by Gasteiger charge is 2.27. The fraction of sp³-hybridized carbons (Fsp3) is 0.500. The molecule has 2 aromatic heterocycles. The number of hydrogen-bond acceptors (Lipinski definition) is 6. The molecule has 0 saturated carbocycles. The lowest BCUT2D eigenvalue weighted by molar-refractivity contribution is -0.127. The average Bonchev–Trinajstić information content (AvgIpc) is 3.06. The van der Waals surface area contributed by atoms with Gasteiger partial charge in [-0.05, 0) is 27.2 Å². The zero-order valence-corrected chi connectivity index (χ0v) is 14.7. The van der Waals surface area contributed by atoms with E-state index in [9.17, 15) is 4.79 Å². The summed E-state index contributed by atoms with van der Waals surface area (Å²) >= 11 is 1.62. The van der Waals surface area contributed by atoms with Gasteiger partial charge in [0.05, 0.1) is 5.69 Å². The van der Waals surface area contributed by atoms with Gasteiger partial charge in [0.15, 0.2) is 5.13 Å². The van der Waals surface area contributed by atoms with Crippen molar-refractivity contribution in [2.75, 3.05) is 18.4 Å². The largest absolute Gasteiger partial charge is 0.342 e. The highest BCUT2D eigenvalue weighted by molar-refractivity contribution is 7.15. The zero-order chi connectivity index (χ0) is 16.6. The molecule has 122 valence electrons. The molecular formula is C16H21N5OS. The van der Waals surface area contributed by atoms with E-state index in [4.69, 9.17) is 0 Å². The summed E-state index contributed by atoms with van der Waals surface area (Å²) < 4.78 is 0. The molecule has 0 bridgehead atoms. The molecule has 0 unspecified atom stereocenters. The highest BCUT2D eigenvalue weighted by atomic mass is 32.1. The second kappa shape index (κ2) is 6.23. The van der Waals surface area contributed by atoms with Gasteiger partial charge < -0.3 is 10.2 Å². The molecule has 1 aliphatic rings. The van der Waals surface area contributed by atoms with Gasteiger partial charge in [-0.15, -0.1) is 11.3 Å². The fourth-order valence-corrected chi connectivity index (χ4v) is 3.55. The molecule has 0 spiro atoms. The normalized spacial score (nSPS) is 17.6. The van der Waals surface area contributed by atoms with Crippen LogP contribution in [0, 0.1) is 20.8 Å². The lowest BCUT2D eigenvalue weighted by Gasteiger charge is -2.14. The Labute approximate surface area is 140 Å². The molecule has 1 N–H and O–H groups in total. The Kier molecular flexibility index (Phi) is 4.30. The summed E-state index contributed by atoms with van der Waals surface area (Å²) in [6.45, 7) is 9.12. The predicted molar refractivity (Wildman–Crippen MR) is 91.3 cm³/mol. The molecule has 2 aromatic rings. The Hall–Kier alpha value is -2.02. The van der Waals surface area contributed by atoms with Crippen molar-refractivity contribution in [2.45, 2.75) is 40.0 Å². The van der Waals surface area contributed by atoms with E-state index >= 15 is 0 Å². The Bertz CT molecular complexity index is 723. The second-order valence-corrected chi connectivity index (χ2v) is 7.19. The smallest absolute Gasteiger partial charge is 0.219 e. The minimum Gasteiger partial charge on any atom is -0.342 e. The first kappa shape index (κ1) is 15.9. The third-order valence-corrected chi connectivity index (χ3v) is 5.12. The summed E-state index contributed by atoms with van der Waals surface area (Å²) in [5.41, 5.74) is 1.96. The summed E-state index contributed by atoms with van der Waals surface area (Å²) in [7, 11) is 0. The van der Waals surface area contributed by atoms with Crippen LogP contribution in [0.1, 0.15) is 41.4 Å². The number of thiazole rings is 1. The molecule has 0 radical (unpaired) electrons. The van der Waals surface area contributed by atoms with Gasteiger partial charge in [-0.3, -0.25) is 4.79 Å². The Morgan fingerprint density at radius 1 is 1.30 bits per heavy atom. The van der Waals surface area contributed by atoms with Crippen LogP contribution >= 0.6 is 11.3 Å². The first-order chi connectivity index (χ1) is 10.9. The maximum atomic E-state index is 11.5. The number of hydrogen-bond donors (Lipinski definition) is 1. The van der Waals surface area contributed by atoms with Crippen LogP contribution in [0.2, 0.25) is 0 Å². The second-order valence-electron chi connectivity index (χ2n) is 5.99. The molecule has 1 saturated heterocycles. The van der Waals surface area contributed by atoms with Crippen LogP contribution in [0.5, 0.6) is 0 Å². The first-order valence-corrected chi connectivity index (χ1v) is 8.56. The third-order valence-electron chi connectivity index (χ3n) is 4.13. The molecule has 3 heterocycles. The van der Waals surface area contributed by atoms with Crippen molar-refractivity contribution in [2.24, 2.45) is 0 Å². The minimum atomic E-state index is 0.118. The van der Waals surface area contributed by atoms with Crippen LogP contribution in [0.25, 0.3) is 0 Å². The van der Waals surface area contributed by atoms with Crippen molar-refractivity contribution in [1.29, 1.82) is 0 Å². The molecule has 1 amide bonds. The number of rotatable bonds is 3. The average molecular weight is 331 g/mol. The van der Waals surface area contributed by atoms with Gasteiger partial charge in [-0.1, -0.05) is 0 Å². The van der Waals surface area contributed by atoms with Crippen LogP contribution in [-0.4, -0.2) is 38.8 Å². The first-order valence-electron chi connectivity index (χ1n) is 7.74. The van der Waals surface area contributed by atoms with Crippen molar-refractivity contribution in [3.63, 3.8) is 0 Å². The standard InChI is InChI=1S/C16H21N5OS/c1-9-7-14(20-16-18-10(2)11(3)23-16)19-15(17-9)13-5-6-21(8-13)12(4)22/h7,13H,5-6,8H2,1-4H3,(H,17,18,19,20)/t13-/m0/s1. The molecule has 3 rings (SSSR count). The minimum absolute atomic E-state index is 0.118. The van der Waals surface area contributed by atoms with E-state index < -0.39 is 0 Å². The number of nitrogens with zero attached hydrogens (tertiary/aromatic N) is 4. The lowest BCUT2D eigenvalue weighted by Crippen LogP contribution is -2.25. The molecule has 23 heavy (non-hydrogen) atoms. The van der Waals surface area contributed by atoms with Crippen LogP contribution in [0.15, 0.2) is 6.07 Å². The summed E-state index contributed by atoms with van der Waals surface area (Å²) in [6, 6.07) is 1.92. The van der Waals surface area contributed by atoms with Crippen LogP contribution < -0.4 is 5.32 Å². The van der Waals surface area contributed by atoms with Crippen molar-refractivity contribution in [3.05, 3.63) is 28.2 Å². The van der Waals surface area contributed by atoms with Gasteiger partial charge >= 0.3 is 0 Å². The monoisotopic (exact) mass is 331 g/mol. The molecule has 0 aliphatic carbocycles. The molecule has 7 heteroatoms. The zero-order valence-electron chi connectivity index (χ0n) is 13.9. The van der Waals surface area contributed by atoms with Gasteiger partial charge in [0.2, 0.25) is 5.91 Å². The molecule has 0 aromatic carbocycles. The van der Waals surface area contributed by atoms with E-state index in [1.54, 1.807) is 18.3 Å². The maximum Gasteiger partial charge on any atom is 0.219 e. The van der Waals surface area contributed by atoms with Crippen molar-refractivity contribution in [1.82, 2.24) is 19.9 Å². The van der Waals surface area contributed by atoms with Gasteiger partial charge in [0.25, 0.3) is 0 Å². The topological polar surface area (TPSA) is 71.0 Å². The number of anilines is 2. The Morgan fingerprint density at radius 3 is 2.70 bits per heavy atom. The number of likely N-dealkylation sites (tertiary alicyclic amines) is 1. The number of aryl methyl sites for hydroxylation is 3. The van der Waals surface area contributed by atoms with Gasteiger partial charge in [-0.25, -0.2) is 15.0 Å². The van der Waals surface area contributed by atoms with E-state index in [0.29, 0.717) is 6.54 Å². The third kappa shape index (κ3) is 3.50. The summed E-state index contributed by atoms with van der Waals surface area (Å²) in [5, 5.41) is 4.13. The van der Waals surface area contributed by atoms with Crippen LogP contribution in [-0.2, 0) is 4.79 Å². The van der Waals surface area contributed by atoms with E-state index in [-0.39, 0.29) is 11.8 Å². The number of carbonyl (C=O) groups is 1. The van der Waals surface area contributed by atoms with E-state index in [0.717, 1.165) is 41.1 Å². The molecular weight excluding hydrogens is 310 g/mol. The lowest BCUT2D eigenvalue weighted by atomic mass is 10.1. The molecule has 1 atom stereocenters. The summed E-state index contributed by atoms with van der Waals surface area (Å²) in [5.74, 6) is 1.90. The predicted octanol–water partition coefficient (Wildman–Crippen LogP) is 2.94. The molecule has 1 aliphatic heterocycles. The fourth-order valence-electron chi connectivity index (χ4n) is 2.73. The number of amides is 1. The SMILES string of the molecule is CC(=O)N1CC[C@H](c2nc(C)cc(Nc3nc(C)c(C)s3)n2)C1. The summed E-state index contributed by atoms with van der Waals surface area (Å²) in [4.78, 5) is 28.3. The van der Waals surface area contributed by atoms with E-state index in [1.807, 2.05) is 24.8 Å². The van der Waals surface area contributed by atoms with Crippen molar-refractivity contribution >= 4 is 28.2 Å². The summed E-state index contributed by atoms with van der Waals surface area (Å²) in [6.07, 6.45) is 0.915. The molecule has 1 fully saturated rings. The highest BCUT2D eigenvalue weighted by Crippen LogP contribution is 2.28. The van der Waals surface area contributed by atoms with Gasteiger partial charge in [0, 0.05) is 42.6 Å². The van der Waals surface area contributed by atoms with Crippen LogP contribution in [0.3, 0.4) is 0 Å². The van der Waals surface area contributed by atoms with Crippen LogP contribution in [0.4, 0.5) is 10.9 Å².